The van der Waals surface area contributed by atoms with Crippen molar-refractivity contribution in [3.63, 3.8) is 0 Å². The Morgan fingerprint density at radius 3 is 2.70 bits per heavy atom. The Morgan fingerprint density at radius 1 is 1.44 bits per heavy atom. The summed E-state index contributed by atoms with van der Waals surface area (Å²) in [5, 5.41) is 11.0. The quantitative estimate of drug-likeness (QED) is 0.487. The zero-order valence-corrected chi connectivity index (χ0v) is 18.3. The Balaban J connectivity index is 2.27. The van der Waals surface area contributed by atoms with Crippen molar-refractivity contribution >= 4 is 61.4 Å². The number of halogens is 1. The molecule has 1 atom stereocenters. The van der Waals surface area contributed by atoms with E-state index in [0.29, 0.717) is 10.9 Å². The fraction of sp³-hybridized carbons (Fsp3) is 0.400. The maximum atomic E-state index is 12.6. The van der Waals surface area contributed by atoms with Gasteiger partial charge >= 0.3 is 0 Å². The van der Waals surface area contributed by atoms with Crippen molar-refractivity contribution in [2.75, 3.05) is 28.7 Å². The van der Waals surface area contributed by atoms with Crippen LogP contribution in [0.5, 0.6) is 5.75 Å². The van der Waals surface area contributed by atoms with Gasteiger partial charge < -0.3 is 4.74 Å². The summed E-state index contributed by atoms with van der Waals surface area (Å²) in [5.74, 6) is 0.705. The van der Waals surface area contributed by atoms with Crippen molar-refractivity contribution in [1.29, 1.82) is 0 Å². The summed E-state index contributed by atoms with van der Waals surface area (Å²) in [6.45, 7) is 3.47. The van der Waals surface area contributed by atoms with Crippen molar-refractivity contribution in [3.05, 3.63) is 23.2 Å². The van der Waals surface area contributed by atoms with Crippen LogP contribution in [0.3, 0.4) is 0 Å². The molecule has 1 amide bonds. The number of aromatic nitrogens is 2. The number of sulfonamides is 1. The number of nitrogens with zero attached hydrogens (tertiary/aromatic N) is 3. The van der Waals surface area contributed by atoms with Gasteiger partial charge in [0.05, 0.1) is 24.1 Å². The number of benzene rings is 1. The first-order valence-corrected chi connectivity index (χ1v) is 11.8. The van der Waals surface area contributed by atoms with E-state index < -0.39 is 22.0 Å². The normalized spacial score (nSPS) is 12.5. The van der Waals surface area contributed by atoms with E-state index in [1.54, 1.807) is 6.07 Å². The van der Waals surface area contributed by atoms with Crippen LogP contribution in [0, 0.1) is 0 Å². The lowest BCUT2D eigenvalue weighted by molar-refractivity contribution is -0.116. The number of anilines is 2. The molecule has 0 aliphatic heterocycles. The molecule has 27 heavy (non-hydrogen) atoms. The van der Waals surface area contributed by atoms with Gasteiger partial charge in [-0.25, -0.2) is 8.42 Å². The lowest BCUT2D eigenvalue weighted by atomic mass is 10.2. The summed E-state index contributed by atoms with van der Waals surface area (Å²) in [6.07, 6.45) is 1.02. The predicted molar refractivity (Wildman–Crippen MR) is 110 cm³/mol. The van der Waals surface area contributed by atoms with Crippen molar-refractivity contribution in [3.8, 4) is 5.75 Å². The Morgan fingerprint density at radius 2 is 2.15 bits per heavy atom. The molecule has 0 bridgehead atoms. The van der Waals surface area contributed by atoms with Crippen molar-refractivity contribution < 1.29 is 17.9 Å². The molecule has 1 aromatic heterocycles. The number of carbonyl (C=O) groups is 1. The highest BCUT2D eigenvalue weighted by atomic mass is 35.5. The molecule has 0 spiro atoms. The molecule has 0 radical (unpaired) electrons. The van der Waals surface area contributed by atoms with Gasteiger partial charge in [0.2, 0.25) is 21.1 Å². The second-order valence-electron chi connectivity index (χ2n) is 5.35. The fourth-order valence-corrected chi connectivity index (χ4v) is 5.32. The number of methoxy groups -OCH3 is 1. The Kier molecular flexibility index (Phi) is 7.32. The number of nitrogens with one attached hydrogen (secondary N) is 1. The Labute approximate surface area is 171 Å². The molecular weight excluding hydrogens is 432 g/mol. The molecule has 1 N–H and O–H groups in total. The third-order valence-corrected chi connectivity index (χ3v) is 6.77. The van der Waals surface area contributed by atoms with E-state index in [4.69, 9.17) is 16.3 Å². The van der Waals surface area contributed by atoms with Crippen LogP contribution in [0.1, 0.15) is 13.8 Å². The van der Waals surface area contributed by atoms with E-state index >= 15 is 0 Å². The molecule has 0 aliphatic rings. The van der Waals surface area contributed by atoms with Crippen LogP contribution in [0.15, 0.2) is 22.5 Å². The third kappa shape index (κ3) is 5.47. The van der Waals surface area contributed by atoms with Crippen LogP contribution in [-0.2, 0) is 14.8 Å². The number of carbonyl (C=O) groups excluding carboxylic acids is 1. The van der Waals surface area contributed by atoms with Gasteiger partial charge in [0, 0.05) is 0 Å². The molecule has 2 aromatic rings. The average Bonchev–Trinajstić information content (AvgIpc) is 3.01. The van der Waals surface area contributed by atoms with E-state index in [0.717, 1.165) is 20.7 Å². The largest absolute Gasteiger partial charge is 0.495 e. The van der Waals surface area contributed by atoms with Gasteiger partial charge in [0.1, 0.15) is 11.8 Å². The number of hydrogen-bond donors (Lipinski definition) is 1. The topological polar surface area (TPSA) is 101 Å². The number of amides is 1. The summed E-state index contributed by atoms with van der Waals surface area (Å²) >= 11 is 8.84. The summed E-state index contributed by atoms with van der Waals surface area (Å²) in [5.41, 5.74) is 0.255. The molecule has 1 heterocycles. The molecule has 8 nitrogen and oxygen atoms in total. The number of thioether (sulfide) groups is 1. The molecule has 2 rings (SSSR count). The van der Waals surface area contributed by atoms with Crippen molar-refractivity contribution in [1.82, 2.24) is 10.2 Å². The van der Waals surface area contributed by atoms with E-state index in [-0.39, 0.29) is 10.7 Å². The van der Waals surface area contributed by atoms with E-state index in [1.807, 2.05) is 6.92 Å². The standard InChI is InChI=1S/C15H19ClN4O4S3/c1-5-25-15-19-18-14(26-15)17-13(21)9(2)20(27(4,22)23)10-6-7-12(24-3)11(16)8-10/h6-9H,5H2,1-4H3,(H,17,18,21)/t9-/m1/s1. The van der Waals surface area contributed by atoms with Crippen LogP contribution >= 0.6 is 34.7 Å². The highest BCUT2D eigenvalue weighted by molar-refractivity contribution is 8.01. The molecule has 148 valence electrons. The van der Waals surface area contributed by atoms with E-state index in [9.17, 15) is 13.2 Å². The second-order valence-corrected chi connectivity index (χ2v) is 10.1. The summed E-state index contributed by atoms with van der Waals surface area (Å²) in [7, 11) is -2.30. The van der Waals surface area contributed by atoms with Crippen LogP contribution in [0.25, 0.3) is 0 Å². The van der Waals surface area contributed by atoms with E-state index in [2.05, 4.69) is 15.5 Å². The lowest BCUT2D eigenvalue weighted by Crippen LogP contribution is -2.45. The van der Waals surface area contributed by atoms with E-state index in [1.165, 1.54) is 49.3 Å². The fourth-order valence-electron chi connectivity index (χ4n) is 2.25. The highest BCUT2D eigenvalue weighted by Crippen LogP contribution is 2.31. The van der Waals surface area contributed by atoms with Gasteiger partial charge in [0.25, 0.3) is 0 Å². The van der Waals surface area contributed by atoms with Gasteiger partial charge in [-0.3, -0.25) is 14.4 Å². The smallest absolute Gasteiger partial charge is 0.249 e. The minimum absolute atomic E-state index is 0.238. The average molecular weight is 451 g/mol. The van der Waals surface area contributed by atoms with Crippen LogP contribution in [0.4, 0.5) is 10.8 Å². The SMILES string of the molecule is CCSc1nnc(NC(=O)[C@@H](C)N(c2ccc(OC)c(Cl)c2)S(C)(=O)=O)s1. The minimum atomic E-state index is -3.76. The minimum Gasteiger partial charge on any atom is -0.495 e. The third-order valence-electron chi connectivity index (χ3n) is 3.38. The van der Waals surface area contributed by atoms with Crippen LogP contribution < -0.4 is 14.4 Å². The highest BCUT2D eigenvalue weighted by Gasteiger charge is 2.30. The van der Waals surface area contributed by atoms with Gasteiger partial charge in [-0.1, -0.05) is 41.6 Å². The molecule has 0 aliphatic carbocycles. The van der Waals surface area contributed by atoms with Crippen molar-refractivity contribution in [2.45, 2.75) is 24.2 Å². The Hall–Kier alpha value is -1.56. The summed E-state index contributed by atoms with van der Waals surface area (Å²) in [6, 6.07) is 3.47. The maximum Gasteiger partial charge on any atom is 0.249 e. The number of hydrogen-bond acceptors (Lipinski definition) is 8. The molecule has 12 heteroatoms. The number of ether oxygens (including phenoxy) is 1. The van der Waals surface area contributed by atoms with Gasteiger partial charge in [-0.05, 0) is 30.9 Å². The lowest BCUT2D eigenvalue weighted by Gasteiger charge is -2.28. The number of rotatable bonds is 8. The molecule has 0 saturated heterocycles. The first-order chi connectivity index (χ1) is 12.7. The Bertz CT molecular complexity index is 920. The zero-order valence-electron chi connectivity index (χ0n) is 15.1. The monoisotopic (exact) mass is 450 g/mol. The second kappa shape index (κ2) is 9.09. The molecule has 0 saturated carbocycles. The zero-order chi connectivity index (χ0) is 20.2. The first-order valence-electron chi connectivity index (χ1n) is 7.77. The van der Waals surface area contributed by atoms with Crippen LogP contribution in [-0.4, -0.2) is 49.7 Å². The summed E-state index contributed by atoms with van der Waals surface area (Å²) in [4.78, 5) is 12.6. The maximum absolute atomic E-state index is 12.6. The first kappa shape index (κ1) is 21.7. The van der Waals surface area contributed by atoms with Gasteiger partial charge in [-0.15, -0.1) is 10.2 Å². The predicted octanol–water partition coefficient (Wildman–Crippen LogP) is 3.11. The molecule has 0 unspecified atom stereocenters. The summed E-state index contributed by atoms with van der Waals surface area (Å²) < 4.78 is 31.5. The van der Waals surface area contributed by atoms with Crippen LogP contribution in [0.2, 0.25) is 5.02 Å². The van der Waals surface area contributed by atoms with Gasteiger partial charge in [-0.2, -0.15) is 0 Å². The van der Waals surface area contributed by atoms with Crippen molar-refractivity contribution in [2.24, 2.45) is 0 Å². The van der Waals surface area contributed by atoms with Gasteiger partial charge in [0.15, 0.2) is 4.34 Å². The molecule has 1 aromatic carbocycles. The molecule has 0 fully saturated rings. The molecular formula is C15H19ClN4O4S3.